The quantitative estimate of drug-likeness (QED) is 0.858. The smallest absolute Gasteiger partial charge is 0.230 e. The number of benzene rings is 1. The Kier molecular flexibility index (Phi) is 4.02. The second-order valence-corrected chi connectivity index (χ2v) is 5.20. The van der Waals surface area contributed by atoms with Crippen LogP contribution in [0.25, 0.3) is 0 Å². The molecule has 0 unspecified atom stereocenters. The molecule has 18 heavy (non-hydrogen) atoms. The van der Waals surface area contributed by atoms with Crippen molar-refractivity contribution in [3.8, 4) is 0 Å². The van der Waals surface area contributed by atoms with Crippen LogP contribution in [-0.4, -0.2) is 5.91 Å². The van der Waals surface area contributed by atoms with Crippen molar-refractivity contribution < 1.29 is 4.79 Å². The summed E-state index contributed by atoms with van der Waals surface area (Å²) in [6.07, 6.45) is 5.33. The van der Waals surface area contributed by atoms with Crippen LogP contribution in [0, 0.1) is 5.41 Å². The highest BCUT2D eigenvalue weighted by atomic mass is 16.2. The highest BCUT2D eigenvalue weighted by Crippen LogP contribution is 2.41. The fraction of sp³-hybridized carbons (Fsp3) is 0.533. The fourth-order valence-corrected chi connectivity index (χ4v) is 2.78. The molecule has 0 aromatic heterocycles. The minimum Gasteiger partial charge on any atom is -0.326 e. The molecule has 0 atom stereocenters. The molecule has 0 heterocycles. The van der Waals surface area contributed by atoms with Crippen molar-refractivity contribution in [1.82, 2.24) is 0 Å². The SMILES string of the molecule is CCC1(C(=O)Nc2ccc(CN)cc2)CCCC1. The van der Waals surface area contributed by atoms with Crippen molar-refractivity contribution in [3.05, 3.63) is 29.8 Å². The van der Waals surface area contributed by atoms with Crippen LogP contribution in [0.3, 0.4) is 0 Å². The van der Waals surface area contributed by atoms with Gasteiger partial charge in [0.25, 0.3) is 0 Å². The third-order valence-corrected chi connectivity index (χ3v) is 4.17. The zero-order valence-electron chi connectivity index (χ0n) is 11.0. The van der Waals surface area contributed by atoms with Gasteiger partial charge < -0.3 is 11.1 Å². The molecule has 0 bridgehead atoms. The molecule has 1 fully saturated rings. The average Bonchev–Trinajstić information content (AvgIpc) is 2.89. The molecule has 3 N–H and O–H groups in total. The third-order valence-electron chi connectivity index (χ3n) is 4.17. The Morgan fingerprint density at radius 1 is 1.28 bits per heavy atom. The lowest BCUT2D eigenvalue weighted by Gasteiger charge is -2.26. The van der Waals surface area contributed by atoms with Crippen LogP contribution in [-0.2, 0) is 11.3 Å². The zero-order chi connectivity index (χ0) is 13.0. The molecule has 1 aromatic rings. The lowest BCUT2D eigenvalue weighted by molar-refractivity contribution is -0.125. The summed E-state index contributed by atoms with van der Waals surface area (Å²) >= 11 is 0. The first-order valence-corrected chi connectivity index (χ1v) is 6.81. The Hall–Kier alpha value is -1.35. The molecule has 1 saturated carbocycles. The van der Waals surface area contributed by atoms with E-state index in [0.29, 0.717) is 6.54 Å². The number of amides is 1. The van der Waals surface area contributed by atoms with Gasteiger partial charge in [0.05, 0.1) is 0 Å². The highest BCUT2D eigenvalue weighted by molar-refractivity contribution is 5.95. The monoisotopic (exact) mass is 246 g/mol. The van der Waals surface area contributed by atoms with E-state index in [4.69, 9.17) is 5.73 Å². The third kappa shape index (κ3) is 2.56. The van der Waals surface area contributed by atoms with Gasteiger partial charge in [-0.1, -0.05) is 31.9 Å². The molecular formula is C15H22N2O. The number of hydrogen-bond acceptors (Lipinski definition) is 2. The van der Waals surface area contributed by atoms with E-state index in [9.17, 15) is 4.79 Å². The van der Waals surface area contributed by atoms with Gasteiger partial charge in [0.1, 0.15) is 0 Å². The lowest BCUT2D eigenvalue weighted by atomic mass is 9.82. The zero-order valence-corrected chi connectivity index (χ0v) is 11.0. The molecule has 0 aliphatic heterocycles. The number of carbonyl (C=O) groups is 1. The second kappa shape index (κ2) is 5.53. The maximum atomic E-state index is 12.4. The molecule has 0 radical (unpaired) electrons. The van der Waals surface area contributed by atoms with Gasteiger partial charge in [-0.3, -0.25) is 4.79 Å². The molecular weight excluding hydrogens is 224 g/mol. The Balaban J connectivity index is 2.05. The number of nitrogens with two attached hydrogens (primary N) is 1. The van der Waals surface area contributed by atoms with Crippen molar-refractivity contribution in [2.75, 3.05) is 5.32 Å². The van der Waals surface area contributed by atoms with Gasteiger partial charge in [0.15, 0.2) is 0 Å². The Morgan fingerprint density at radius 3 is 2.39 bits per heavy atom. The first kappa shape index (κ1) is 13.1. The first-order valence-electron chi connectivity index (χ1n) is 6.81. The van der Waals surface area contributed by atoms with Crippen molar-refractivity contribution >= 4 is 11.6 Å². The molecule has 0 saturated heterocycles. The van der Waals surface area contributed by atoms with Crippen LogP contribution in [0.1, 0.15) is 44.6 Å². The molecule has 3 nitrogen and oxygen atoms in total. The number of rotatable bonds is 4. The summed E-state index contributed by atoms with van der Waals surface area (Å²) in [6, 6.07) is 7.78. The minimum absolute atomic E-state index is 0.132. The summed E-state index contributed by atoms with van der Waals surface area (Å²) in [6.45, 7) is 2.65. The molecule has 1 aliphatic carbocycles. The van der Waals surface area contributed by atoms with Crippen molar-refractivity contribution in [2.24, 2.45) is 11.1 Å². The van der Waals surface area contributed by atoms with Gasteiger partial charge >= 0.3 is 0 Å². The van der Waals surface area contributed by atoms with E-state index >= 15 is 0 Å². The van der Waals surface area contributed by atoms with Crippen LogP contribution >= 0.6 is 0 Å². The topological polar surface area (TPSA) is 55.1 Å². The maximum Gasteiger partial charge on any atom is 0.230 e. The van der Waals surface area contributed by atoms with Gasteiger partial charge in [0, 0.05) is 17.6 Å². The van der Waals surface area contributed by atoms with Crippen molar-refractivity contribution in [1.29, 1.82) is 0 Å². The van der Waals surface area contributed by atoms with E-state index in [1.165, 1.54) is 12.8 Å². The van der Waals surface area contributed by atoms with Crippen LogP contribution in [0.15, 0.2) is 24.3 Å². The normalized spacial score (nSPS) is 17.7. The minimum atomic E-state index is -0.132. The van der Waals surface area contributed by atoms with Crippen LogP contribution < -0.4 is 11.1 Å². The molecule has 1 aromatic carbocycles. The van der Waals surface area contributed by atoms with Gasteiger partial charge in [-0.05, 0) is 37.0 Å². The summed E-state index contributed by atoms with van der Waals surface area (Å²) in [4.78, 5) is 12.4. The summed E-state index contributed by atoms with van der Waals surface area (Å²) in [5.74, 6) is 0.183. The summed E-state index contributed by atoms with van der Waals surface area (Å²) in [5, 5.41) is 3.05. The fourth-order valence-electron chi connectivity index (χ4n) is 2.78. The number of carbonyl (C=O) groups excluding carboxylic acids is 1. The molecule has 0 spiro atoms. The van der Waals surface area contributed by atoms with Crippen LogP contribution in [0.2, 0.25) is 0 Å². The van der Waals surface area contributed by atoms with E-state index in [0.717, 1.165) is 30.5 Å². The van der Waals surface area contributed by atoms with Gasteiger partial charge in [-0.15, -0.1) is 0 Å². The molecule has 2 rings (SSSR count). The second-order valence-electron chi connectivity index (χ2n) is 5.20. The van der Waals surface area contributed by atoms with Crippen molar-refractivity contribution in [2.45, 2.75) is 45.6 Å². The standard InChI is InChI=1S/C15H22N2O/c1-2-15(9-3-4-10-15)14(18)17-13-7-5-12(11-16)6-8-13/h5-8H,2-4,9-11,16H2,1H3,(H,17,18). The average molecular weight is 246 g/mol. The number of nitrogens with one attached hydrogen (secondary N) is 1. The summed E-state index contributed by atoms with van der Waals surface area (Å²) < 4.78 is 0. The number of hydrogen-bond donors (Lipinski definition) is 2. The highest BCUT2D eigenvalue weighted by Gasteiger charge is 2.39. The largest absolute Gasteiger partial charge is 0.326 e. The van der Waals surface area contributed by atoms with Crippen LogP contribution in [0.5, 0.6) is 0 Å². The first-order chi connectivity index (χ1) is 8.70. The van der Waals surface area contributed by atoms with E-state index in [2.05, 4.69) is 12.2 Å². The molecule has 3 heteroatoms. The predicted octanol–water partition coefficient (Wildman–Crippen LogP) is 3.05. The Labute approximate surface area is 109 Å². The number of anilines is 1. The van der Waals surface area contributed by atoms with E-state index in [-0.39, 0.29) is 11.3 Å². The van der Waals surface area contributed by atoms with E-state index in [1.54, 1.807) is 0 Å². The molecule has 1 aliphatic rings. The van der Waals surface area contributed by atoms with E-state index in [1.807, 2.05) is 24.3 Å². The summed E-state index contributed by atoms with van der Waals surface area (Å²) in [7, 11) is 0. The van der Waals surface area contributed by atoms with Crippen LogP contribution in [0.4, 0.5) is 5.69 Å². The van der Waals surface area contributed by atoms with Crippen molar-refractivity contribution in [3.63, 3.8) is 0 Å². The predicted molar refractivity (Wildman–Crippen MR) is 74.2 cm³/mol. The lowest BCUT2D eigenvalue weighted by Crippen LogP contribution is -2.33. The maximum absolute atomic E-state index is 12.4. The van der Waals surface area contributed by atoms with Gasteiger partial charge in [-0.25, -0.2) is 0 Å². The summed E-state index contributed by atoms with van der Waals surface area (Å²) in [5.41, 5.74) is 7.38. The molecule has 98 valence electrons. The Bertz CT molecular complexity index is 405. The van der Waals surface area contributed by atoms with E-state index < -0.39 is 0 Å². The van der Waals surface area contributed by atoms with Gasteiger partial charge in [0.2, 0.25) is 5.91 Å². The van der Waals surface area contributed by atoms with Gasteiger partial charge in [-0.2, -0.15) is 0 Å². The Morgan fingerprint density at radius 2 is 1.89 bits per heavy atom. The molecule has 1 amide bonds.